The summed E-state index contributed by atoms with van der Waals surface area (Å²) in [5.41, 5.74) is 1.81. The molecule has 1 atom stereocenters. The summed E-state index contributed by atoms with van der Waals surface area (Å²) < 4.78 is 0. The standard InChI is InChI=1S/C9H12O2/c1-4-7-5(2)8(10)6(3)9(7)11/h8,10H,3-4H2,1-2H3. The number of Topliss-reactive ketones (excluding diaryl/α,β-unsaturated/α-hetero) is 1. The van der Waals surface area contributed by atoms with Crippen molar-refractivity contribution in [1.29, 1.82) is 0 Å². The average molecular weight is 152 g/mol. The van der Waals surface area contributed by atoms with E-state index < -0.39 is 6.10 Å². The lowest BCUT2D eigenvalue weighted by Gasteiger charge is -2.01. The maximum Gasteiger partial charge on any atom is 0.187 e. The fraction of sp³-hybridized carbons (Fsp3) is 0.444. The Morgan fingerprint density at radius 1 is 1.64 bits per heavy atom. The predicted molar refractivity (Wildman–Crippen MR) is 43.1 cm³/mol. The Balaban J connectivity index is 3.08. The molecule has 0 saturated heterocycles. The van der Waals surface area contributed by atoms with E-state index in [9.17, 15) is 9.90 Å². The van der Waals surface area contributed by atoms with Gasteiger partial charge in [-0.05, 0) is 18.9 Å². The number of hydrogen-bond donors (Lipinski definition) is 1. The zero-order valence-corrected chi connectivity index (χ0v) is 6.85. The second-order valence-corrected chi connectivity index (χ2v) is 2.77. The van der Waals surface area contributed by atoms with Crippen molar-refractivity contribution in [3.8, 4) is 0 Å². The average Bonchev–Trinajstić information content (AvgIpc) is 2.17. The van der Waals surface area contributed by atoms with E-state index in [2.05, 4.69) is 6.58 Å². The maximum atomic E-state index is 11.2. The van der Waals surface area contributed by atoms with Crippen LogP contribution in [0.3, 0.4) is 0 Å². The van der Waals surface area contributed by atoms with Gasteiger partial charge in [0.2, 0.25) is 0 Å². The summed E-state index contributed by atoms with van der Waals surface area (Å²) in [5, 5.41) is 9.36. The number of carbonyl (C=O) groups is 1. The monoisotopic (exact) mass is 152 g/mol. The van der Waals surface area contributed by atoms with Crippen LogP contribution in [0, 0.1) is 0 Å². The van der Waals surface area contributed by atoms with E-state index in [0.29, 0.717) is 12.0 Å². The molecule has 0 bridgehead atoms. The zero-order valence-electron chi connectivity index (χ0n) is 6.85. The molecule has 2 nitrogen and oxygen atoms in total. The first-order chi connectivity index (χ1) is 5.09. The molecule has 11 heavy (non-hydrogen) atoms. The second kappa shape index (κ2) is 2.62. The number of allylic oxidation sites excluding steroid dienone is 1. The fourth-order valence-corrected chi connectivity index (χ4v) is 1.36. The SMILES string of the molecule is C=C1C(=O)C(CC)=C(C)C1O. The first-order valence-corrected chi connectivity index (χ1v) is 3.70. The van der Waals surface area contributed by atoms with Gasteiger partial charge in [0.05, 0.1) is 0 Å². The molecule has 0 aliphatic heterocycles. The molecule has 2 heteroatoms. The van der Waals surface area contributed by atoms with Crippen LogP contribution in [0.2, 0.25) is 0 Å². The third-order valence-corrected chi connectivity index (χ3v) is 2.14. The molecule has 0 spiro atoms. The number of aliphatic hydroxyl groups excluding tert-OH is 1. The third kappa shape index (κ3) is 1.03. The number of hydrogen-bond acceptors (Lipinski definition) is 2. The van der Waals surface area contributed by atoms with E-state index in [1.54, 1.807) is 6.92 Å². The highest BCUT2D eigenvalue weighted by molar-refractivity contribution is 6.12. The van der Waals surface area contributed by atoms with Crippen LogP contribution >= 0.6 is 0 Å². The van der Waals surface area contributed by atoms with Gasteiger partial charge in [-0.3, -0.25) is 4.79 Å². The summed E-state index contributed by atoms with van der Waals surface area (Å²) >= 11 is 0. The van der Waals surface area contributed by atoms with Crippen LogP contribution in [0.4, 0.5) is 0 Å². The fourth-order valence-electron chi connectivity index (χ4n) is 1.36. The van der Waals surface area contributed by atoms with Crippen molar-refractivity contribution in [2.45, 2.75) is 26.4 Å². The van der Waals surface area contributed by atoms with Crippen LogP contribution in [-0.4, -0.2) is 17.0 Å². The van der Waals surface area contributed by atoms with E-state index >= 15 is 0 Å². The minimum atomic E-state index is -0.725. The lowest BCUT2D eigenvalue weighted by molar-refractivity contribution is -0.112. The summed E-state index contributed by atoms with van der Waals surface area (Å²) in [4.78, 5) is 11.2. The van der Waals surface area contributed by atoms with Gasteiger partial charge >= 0.3 is 0 Å². The second-order valence-electron chi connectivity index (χ2n) is 2.77. The molecule has 0 aromatic carbocycles. The number of rotatable bonds is 1. The number of carbonyl (C=O) groups excluding carboxylic acids is 1. The Morgan fingerprint density at radius 3 is 2.36 bits per heavy atom. The maximum absolute atomic E-state index is 11.2. The molecule has 1 aliphatic carbocycles. The Labute approximate surface area is 66.2 Å². The molecule has 1 unspecified atom stereocenters. The van der Waals surface area contributed by atoms with E-state index in [1.807, 2.05) is 6.92 Å². The molecule has 60 valence electrons. The Kier molecular flexibility index (Phi) is 1.96. The molecule has 1 N–H and O–H groups in total. The molecule has 0 aromatic heterocycles. The number of ketones is 1. The zero-order chi connectivity index (χ0) is 8.59. The van der Waals surface area contributed by atoms with Crippen LogP contribution < -0.4 is 0 Å². The van der Waals surface area contributed by atoms with E-state index in [0.717, 1.165) is 11.1 Å². The first-order valence-electron chi connectivity index (χ1n) is 3.70. The minimum absolute atomic E-state index is 0.0718. The smallest absolute Gasteiger partial charge is 0.187 e. The van der Waals surface area contributed by atoms with Crippen molar-refractivity contribution in [2.75, 3.05) is 0 Å². The largest absolute Gasteiger partial charge is 0.384 e. The Bertz CT molecular complexity index is 248. The van der Waals surface area contributed by atoms with Crippen LogP contribution in [0.5, 0.6) is 0 Å². The van der Waals surface area contributed by atoms with Gasteiger partial charge in [-0.15, -0.1) is 0 Å². The third-order valence-electron chi connectivity index (χ3n) is 2.14. The molecule has 1 rings (SSSR count). The van der Waals surface area contributed by atoms with Crippen molar-refractivity contribution in [2.24, 2.45) is 0 Å². The molecular formula is C9H12O2. The summed E-state index contributed by atoms with van der Waals surface area (Å²) in [6, 6.07) is 0. The molecule has 0 heterocycles. The van der Waals surface area contributed by atoms with Gasteiger partial charge in [-0.2, -0.15) is 0 Å². The highest BCUT2D eigenvalue weighted by Gasteiger charge is 2.30. The first kappa shape index (κ1) is 8.21. The summed E-state index contributed by atoms with van der Waals surface area (Å²) in [7, 11) is 0. The van der Waals surface area contributed by atoms with Gasteiger partial charge in [0.25, 0.3) is 0 Å². The van der Waals surface area contributed by atoms with Crippen LogP contribution in [-0.2, 0) is 4.79 Å². The van der Waals surface area contributed by atoms with Crippen molar-refractivity contribution >= 4 is 5.78 Å². The predicted octanol–water partition coefficient (Wildman–Crippen LogP) is 1.21. The summed E-state index contributed by atoms with van der Waals surface area (Å²) in [5.74, 6) is -0.0718. The van der Waals surface area contributed by atoms with Crippen LogP contribution in [0.15, 0.2) is 23.3 Å². The summed E-state index contributed by atoms with van der Waals surface area (Å²) in [6.07, 6.45) is -0.0433. The molecule has 0 aromatic rings. The quantitative estimate of drug-likeness (QED) is 0.573. The van der Waals surface area contributed by atoms with E-state index in [4.69, 9.17) is 0 Å². The molecule has 0 fully saturated rings. The van der Waals surface area contributed by atoms with Crippen LogP contribution in [0.1, 0.15) is 20.3 Å². The van der Waals surface area contributed by atoms with Gasteiger partial charge in [-0.1, -0.05) is 13.5 Å². The molecule has 0 saturated carbocycles. The molecule has 0 amide bonds. The Morgan fingerprint density at radius 2 is 2.18 bits per heavy atom. The normalized spacial score (nSPS) is 25.2. The van der Waals surface area contributed by atoms with E-state index in [1.165, 1.54) is 0 Å². The molecular weight excluding hydrogens is 140 g/mol. The highest BCUT2D eigenvalue weighted by atomic mass is 16.3. The van der Waals surface area contributed by atoms with Gasteiger partial charge in [-0.25, -0.2) is 0 Å². The van der Waals surface area contributed by atoms with Crippen molar-refractivity contribution in [1.82, 2.24) is 0 Å². The lowest BCUT2D eigenvalue weighted by Crippen LogP contribution is -2.08. The Hall–Kier alpha value is -0.890. The van der Waals surface area contributed by atoms with Gasteiger partial charge in [0, 0.05) is 11.1 Å². The van der Waals surface area contributed by atoms with Gasteiger partial charge < -0.3 is 5.11 Å². The molecule has 1 aliphatic rings. The topological polar surface area (TPSA) is 37.3 Å². The summed E-state index contributed by atoms with van der Waals surface area (Å²) in [6.45, 7) is 7.21. The van der Waals surface area contributed by atoms with Crippen molar-refractivity contribution in [3.05, 3.63) is 23.3 Å². The number of aliphatic hydroxyl groups is 1. The molecule has 0 radical (unpaired) electrons. The highest BCUT2D eigenvalue weighted by Crippen LogP contribution is 2.28. The van der Waals surface area contributed by atoms with Crippen molar-refractivity contribution in [3.63, 3.8) is 0 Å². The van der Waals surface area contributed by atoms with Crippen LogP contribution in [0.25, 0.3) is 0 Å². The van der Waals surface area contributed by atoms with Gasteiger partial charge in [0.15, 0.2) is 5.78 Å². The van der Waals surface area contributed by atoms with E-state index in [-0.39, 0.29) is 5.78 Å². The lowest BCUT2D eigenvalue weighted by atomic mass is 10.1. The van der Waals surface area contributed by atoms with Gasteiger partial charge in [0.1, 0.15) is 6.10 Å². The minimum Gasteiger partial charge on any atom is -0.384 e. The van der Waals surface area contributed by atoms with Crippen molar-refractivity contribution < 1.29 is 9.90 Å².